The van der Waals surface area contributed by atoms with Crippen LogP contribution in [-0.4, -0.2) is 61.0 Å². The highest BCUT2D eigenvalue weighted by atomic mass is 16.2. The quantitative estimate of drug-likeness (QED) is 0.782. The second-order valence-corrected chi connectivity index (χ2v) is 7.94. The van der Waals surface area contributed by atoms with Crippen LogP contribution in [-0.2, 0) is 22.7 Å². The average Bonchev–Trinajstić information content (AvgIpc) is 3.24. The molecule has 2 aromatic heterocycles. The lowest BCUT2D eigenvalue weighted by atomic mass is 9.73. The van der Waals surface area contributed by atoms with Crippen molar-refractivity contribution in [1.82, 2.24) is 29.5 Å². The van der Waals surface area contributed by atoms with Crippen molar-refractivity contribution in [1.29, 1.82) is 0 Å². The molecule has 0 radical (unpaired) electrons. The molecule has 0 bridgehead atoms. The Hall–Kier alpha value is -2.77. The summed E-state index contributed by atoms with van der Waals surface area (Å²) in [7, 11) is 0. The number of likely N-dealkylation sites (tertiary alicyclic amines) is 2. The Bertz CT molecular complexity index is 809. The number of aryl methyl sites for hydroxylation is 1. The summed E-state index contributed by atoms with van der Waals surface area (Å²) in [6, 6.07) is 3.90. The van der Waals surface area contributed by atoms with Crippen LogP contribution in [0, 0.1) is 5.41 Å². The van der Waals surface area contributed by atoms with Crippen molar-refractivity contribution >= 4 is 11.8 Å². The maximum absolute atomic E-state index is 12.7. The second-order valence-electron chi connectivity index (χ2n) is 7.94. The van der Waals surface area contributed by atoms with E-state index >= 15 is 0 Å². The Labute approximate surface area is 164 Å². The number of aromatic nitrogens is 4. The standard InChI is InChI=1S/C20H26N6O2/c27-18-4-7-20(14-25(18)12-17-3-1-8-21-11-17)6-2-9-24(13-20)19(28)5-10-26-16-22-15-23-26/h1,3,8,11,15-16H,2,4-7,9-10,12-14H2/t20-/m0/s1. The van der Waals surface area contributed by atoms with E-state index in [1.807, 2.05) is 28.1 Å². The molecule has 0 N–H and O–H groups in total. The third-order valence-electron chi connectivity index (χ3n) is 5.88. The molecule has 8 heteroatoms. The third kappa shape index (κ3) is 4.21. The van der Waals surface area contributed by atoms with Gasteiger partial charge < -0.3 is 9.80 Å². The molecule has 2 aliphatic rings. The number of amides is 2. The lowest BCUT2D eigenvalue weighted by Gasteiger charge is -2.48. The molecule has 1 atom stereocenters. The Morgan fingerprint density at radius 1 is 1.21 bits per heavy atom. The predicted molar refractivity (Wildman–Crippen MR) is 102 cm³/mol. The number of piperidine rings is 2. The predicted octanol–water partition coefficient (Wildman–Crippen LogP) is 1.49. The van der Waals surface area contributed by atoms with E-state index in [0.29, 0.717) is 32.5 Å². The minimum absolute atomic E-state index is 0.0112. The van der Waals surface area contributed by atoms with Crippen LogP contribution >= 0.6 is 0 Å². The maximum atomic E-state index is 12.7. The summed E-state index contributed by atoms with van der Waals surface area (Å²) in [6.45, 7) is 3.39. The molecule has 2 aromatic rings. The molecule has 28 heavy (non-hydrogen) atoms. The molecule has 8 nitrogen and oxygen atoms in total. The molecular formula is C20H26N6O2. The van der Waals surface area contributed by atoms with E-state index in [-0.39, 0.29) is 17.2 Å². The van der Waals surface area contributed by atoms with Gasteiger partial charge in [-0.15, -0.1) is 0 Å². The van der Waals surface area contributed by atoms with Crippen LogP contribution < -0.4 is 0 Å². The first kappa shape index (κ1) is 18.6. The lowest BCUT2D eigenvalue weighted by molar-refractivity contribution is -0.143. The smallest absolute Gasteiger partial charge is 0.224 e. The topological polar surface area (TPSA) is 84.2 Å². The van der Waals surface area contributed by atoms with E-state index in [2.05, 4.69) is 15.1 Å². The molecule has 0 unspecified atom stereocenters. The molecular weight excluding hydrogens is 356 g/mol. The number of nitrogens with zero attached hydrogens (tertiary/aromatic N) is 6. The molecule has 4 rings (SSSR count). The van der Waals surface area contributed by atoms with E-state index in [4.69, 9.17) is 0 Å². The minimum atomic E-state index is 0.0112. The molecule has 2 aliphatic heterocycles. The van der Waals surface area contributed by atoms with Gasteiger partial charge in [0, 0.05) is 56.8 Å². The molecule has 1 spiro atoms. The number of carbonyl (C=O) groups excluding carboxylic acids is 2. The summed E-state index contributed by atoms with van der Waals surface area (Å²) in [4.78, 5) is 37.2. The van der Waals surface area contributed by atoms with Crippen molar-refractivity contribution in [3.8, 4) is 0 Å². The van der Waals surface area contributed by atoms with Gasteiger partial charge in [0.1, 0.15) is 12.7 Å². The Morgan fingerprint density at radius 2 is 2.14 bits per heavy atom. The van der Waals surface area contributed by atoms with Crippen molar-refractivity contribution in [2.75, 3.05) is 19.6 Å². The Kier molecular flexibility index (Phi) is 5.36. The van der Waals surface area contributed by atoms with Gasteiger partial charge in [0.15, 0.2) is 0 Å². The van der Waals surface area contributed by atoms with Gasteiger partial charge in [-0.1, -0.05) is 6.07 Å². The second kappa shape index (κ2) is 8.08. The Morgan fingerprint density at radius 3 is 2.93 bits per heavy atom. The van der Waals surface area contributed by atoms with Crippen molar-refractivity contribution in [3.05, 3.63) is 42.7 Å². The summed E-state index contributed by atoms with van der Waals surface area (Å²) in [5.41, 5.74) is 1.06. The molecule has 0 saturated carbocycles. The van der Waals surface area contributed by atoms with Crippen molar-refractivity contribution in [2.24, 2.45) is 5.41 Å². The van der Waals surface area contributed by atoms with E-state index in [0.717, 1.165) is 37.9 Å². The highest BCUT2D eigenvalue weighted by Gasteiger charge is 2.42. The zero-order chi connectivity index (χ0) is 19.4. The molecule has 4 heterocycles. The summed E-state index contributed by atoms with van der Waals surface area (Å²) < 4.78 is 1.69. The van der Waals surface area contributed by atoms with Crippen LogP contribution in [0.15, 0.2) is 37.2 Å². The number of hydrogen-bond acceptors (Lipinski definition) is 5. The first-order chi connectivity index (χ1) is 13.6. The summed E-state index contributed by atoms with van der Waals surface area (Å²) in [5.74, 6) is 0.356. The number of carbonyl (C=O) groups is 2. The third-order valence-corrected chi connectivity index (χ3v) is 5.88. The fourth-order valence-electron chi connectivity index (χ4n) is 4.43. The Balaban J connectivity index is 1.39. The molecule has 0 aliphatic carbocycles. The van der Waals surface area contributed by atoms with Crippen LogP contribution in [0.1, 0.15) is 37.7 Å². The van der Waals surface area contributed by atoms with E-state index in [9.17, 15) is 9.59 Å². The number of pyridine rings is 1. The van der Waals surface area contributed by atoms with Gasteiger partial charge in [-0.2, -0.15) is 5.10 Å². The molecule has 148 valence electrons. The number of rotatable bonds is 5. The van der Waals surface area contributed by atoms with Gasteiger partial charge in [0.2, 0.25) is 11.8 Å². The molecule has 2 fully saturated rings. The van der Waals surface area contributed by atoms with E-state index in [1.165, 1.54) is 6.33 Å². The number of hydrogen-bond donors (Lipinski definition) is 0. The van der Waals surface area contributed by atoms with Gasteiger partial charge in [0.05, 0.1) is 6.54 Å². The van der Waals surface area contributed by atoms with Crippen molar-refractivity contribution in [2.45, 2.75) is 45.2 Å². The van der Waals surface area contributed by atoms with Crippen molar-refractivity contribution in [3.63, 3.8) is 0 Å². The van der Waals surface area contributed by atoms with Gasteiger partial charge in [0.25, 0.3) is 0 Å². The highest BCUT2D eigenvalue weighted by Crippen LogP contribution is 2.39. The SMILES string of the molecule is O=C(CCn1cncn1)N1CCC[C@]2(CCC(=O)N(Cc3cccnc3)C2)C1. The minimum Gasteiger partial charge on any atom is -0.342 e. The van der Waals surface area contributed by atoms with Gasteiger partial charge in [-0.05, 0) is 30.9 Å². The summed E-state index contributed by atoms with van der Waals surface area (Å²) in [5, 5.41) is 4.06. The molecule has 2 amide bonds. The zero-order valence-corrected chi connectivity index (χ0v) is 16.0. The van der Waals surface area contributed by atoms with E-state index < -0.39 is 0 Å². The summed E-state index contributed by atoms with van der Waals surface area (Å²) >= 11 is 0. The van der Waals surface area contributed by atoms with Crippen LogP contribution in [0.25, 0.3) is 0 Å². The van der Waals surface area contributed by atoms with E-state index in [1.54, 1.807) is 17.2 Å². The molecule has 2 saturated heterocycles. The fraction of sp³-hybridized carbons (Fsp3) is 0.550. The van der Waals surface area contributed by atoms with Gasteiger partial charge in [-0.3, -0.25) is 19.3 Å². The van der Waals surface area contributed by atoms with Gasteiger partial charge >= 0.3 is 0 Å². The van der Waals surface area contributed by atoms with Crippen molar-refractivity contribution < 1.29 is 9.59 Å². The average molecular weight is 382 g/mol. The van der Waals surface area contributed by atoms with Gasteiger partial charge in [-0.25, -0.2) is 4.98 Å². The first-order valence-corrected chi connectivity index (χ1v) is 9.90. The lowest BCUT2D eigenvalue weighted by Crippen LogP contribution is -2.54. The van der Waals surface area contributed by atoms with Crippen LogP contribution in [0.5, 0.6) is 0 Å². The summed E-state index contributed by atoms with van der Waals surface area (Å²) in [6.07, 6.45) is 10.6. The first-order valence-electron chi connectivity index (χ1n) is 9.90. The monoisotopic (exact) mass is 382 g/mol. The van der Waals surface area contributed by atoms with Crippen LogP contribution in [0.4, 0.5) is 0 Å². The fourth-order valence-corrected chi connectivity index (χ4v) is 4.43. The maximum Gasteiger partial charge on any atom is 0.224 e. The van der Waals surface area contributed by atoms with Crippen LogP contribution in [0.3, 0.4) is 0 Å². The molecule has 0 aromatic carbocycles. The normalized spacial score (nSPS) is 22.6. The largest absolute Gasteiger partial charge is 0.342 e. The van der Waals surface area contributed by atoms with Crippen LogP contribution in [0.2, 0.25) is 0 Å². The highest BCUT2D eigenvalue weighted by molar-refractivity contribution is 5.78. The zero-order valence-electron chi connectivity index (χ0n) is 16.0.